The first-order chi connectivity index (χ1) is 13.8. The first-order valence-corrected chi connectivity index (χ1v) is 9.49. The van der Waals surface area contributed by atoms with Crippen molar-refractivity contribution in [1.82, 2.24) is 19.9 Å². The summed E-state index contributed by atoms with van der Waals surface area (Å²) in [6.45, 7) is 2.24. The lowest BCUT2D eigenvalue weighted by Crippen LogP contribution is -2.43. The molecule has 2 aromatic heterocycles. The molecule has 0 spiro atoms. The summed E-state index contributed by atoms with van der Waals surface area (Å²) in [7, 11) is 0. The second kappa shape index (κ2) is 7.03. The van der Waals surface area contributed by atoms with Crippen molar-refractivity contribution in [1.29, 1.82) is 0 Å². The molecule has 1 fully saturated rings. The van der Waals surface area contributed by atoms with Crippen molar-refractivity contribution in [3.63, 3.8) is 0 Å². The van der Waals surface area contributed by atoms with Gasteiger partial charge in [0.15, 0.2) is 17.1 Å². The number of pyridine rings is 1. The van der Waals surface area contributed by atoms with E-state index >= 15 is 0 Å². The number of amides is 1. The number of anilines is 1. The third-order valence-electron chi connectivity index (χ3n) is 5.27. The van der Waals surface area contributed by atoms with Crippen LogP contribution in [0.5, 0.6) is 11.5 Å². The maximum Gasteiger partial charge on any atom is 0.231 e. The van der Waals surface area contributed by atoms with Crippen LogP contribution in [0.1, 0.15) is 18.4 Å². The summed E-state index contributed by atoms with van der Waals surface area (Å²) in [5.74, 6) is 2.27. The number of hydrogen-bond acceptors (Lipinski definition) is 6. The Morgan fingerprint density at radius 3 is 3.07 bits per heavy atom. The van der Waals surface area contributed by atoms with Gasteiger partial charge in [0, 0.05) is 25.8 Å². The second-order valence-corrected chi connectivity index (χ2v) is 7.12. The molecule has 1 aromatic carbocycles. The number of nitrogens with one attached hydrogen (secondary N) is 1. The molecule has 8 nitrogen and oxygen atoms in total. The van der Waals surface area contributed by atoms with E-state index < -0.39 is 0 Å². The zero-order valence-electron chi connectivity index (χ0n) is 15.4. The number of piperidine rings is 1. The predicted molar refractivity (Wildman–Crippen MR) is 102 cm³/mol. The number of nitrogens with zero attached hydrogens (tertiary/aromatic N) is 4. The third-order valence-corrected chi connectivity index (χ3v) is 5.27. The Morgan fingerprint density at radius 1 is 1.18 bits per heavy atom. The van der Waals surface area contributed by atoms with Crippen LogP contribution in [0.15, 0.2) is 42.6 Å². The van der Waals surface area contributed by atoms with E-state index in [0.717, 1.165) is 48.0 Å². The van der Waals surface area contributed by atoms with Gasteiger partial charge in [-0.05, 0) is 42.7 Å². The Hall–Kier alpha value is -3.29. The number of aromatic nitrogens is 3. The van der Waals surface area contributed by atoms with Crippen molar-refractivity contribution in [2.24, 2.45) is 5.92 Å². The normalized spacial score (nSPS) is 18.4. The lowest BCUT2D eigenvalue weighted by molar-refractivity contribution is -0.125. The number of carbonyl (C=O) groups excluding carboxylic acids is 1. The topological polar surface area (TPSA) is 81.0 Å². The van der Waals surface area contributed by atoms with Gasteiger partial charge < -0.3 is 19.7 Å². The lowest BCUT2D eigenvalue weighted by Gasteiger charge is -2.32. The van der Waals surface area contributed by atoms with Gasteiger partial charge in [0.1, 0.15) is 0 Å². The quantitative estimate of drug-likeness (QED) is 0.747. The van der Waals surface area contributed by atoms with Crippen LogP contribution in [0.25, 0.3) is 5.65 Å². The number of fused-ring (bicyclic) bond motifs is 2. The van der Waals surface area contributed by atoms with Crippen LogP contribution in [0.2, 0.25) is 0 Å². The van der Waals surface area contributed by atoms with Gasteiger partial charge in [-0.25, -0.2) is 0 Å². The number of benzene rings is 1. The van der Waals surface area contributed by atoms with Gasteiger partial charge in [-0.15, -0.1) is 10.2 Å². The SMILES string of the molecule is O=C(NCc1ccc2c(c1)OCO2)[C@@H]1CCCN(c2nnc3ccccn23)C1. The first-order valence-electron chi connectivity index (χ1n) is 9.49. The average molecular weight is 379 g/mol. The van der Waals surface area contributed by atoms with Crippen LogP contribution in [0, 0.1) is 5.92 Å². The summed E-state index contributed by atoms with van der Waals surface area (Å²) in [5.41, 5.74) is 1.81. The van der Waals surface area contributed by atoms with Crippen LogP contribution < -0.4 is 19.7 Å². The molecule has 5 rings (SSSR count). The molecule has 144 valence electrons. The van der Waals surface area contributed by atoms with Crippen LogP contribution in [0.3, 0.4) is 0 Å². The molecule has 8 heteroatoms. The Balaban J connectivity index is 1.24. The largest absolute Gasteiger partial charge is 0.454 e. The predicted octanol–water partition coefficient (Wildman–Crippen LogP) is 1.99. The van der Waals surface area contributed by atoms with Crippen molar-refractivity contribution in [2.45, 2.75) is 19.4 Å². The Labute approximate surface area is 162 Å². The summed E-state index contributed by atoms with van der Waals surface area (Å²) in [4.78, 5) is 14.9. The maximum atomic E-state index is 12.7. The van der Waals surface area contributed by atoms with Crippen molar-refractivity contribution in [3.8, 4) is 11.5 Å². The van der Waals surface area contributed by atoms with E-state index in [9.17, 15) is 4.79 Å². The molecule has 0 radical (unpaired) electrons. The highest BCUT2D eigenvalue weighted by molar-refractivity contribution is 5.79. The van der Waals surface area contributed by atoms with E-state index in [-0.39, 0.29) is 18.6 Å². The molecule has 1 amide bonds. The van der Waals surface area contributed by atoms with Crippen LogP contribution >= 0.6 is 0 Å². The summed E-state index contributed by atoms with van der Waals surface area (Å²) in [6, 6.07) is 11.6. The molecular formula is C20H21N5O3. The molecule has 0 bridgehead atoms. The Bertz CT molecular complexity index is 1020. The summed E-state index contributed by atoms with van der Waals surface area (Å²) in [6.07, 6.45) is 3.78. The van der Waals surface area contributed by atoms with E-state index in [1.807, 2.05) is 47.0 Å². The first kappa shape index (κ1) is 16.9. The van der Waals surface area contributed by atoms with Crippen molar-refractivity contribution < 1.29 is 14.3 Å². The van der Waals surface area contributed by atoms with E-state index in [1.165, 1.54) is 0 Å². The summed E-state index contributed by atoms with van der Waals surface area (Å²) >= 11 is 0. The van der Waals surface area contributed by atoms with Crippen LogP contribution in [-0.4, -0.2) is 40.4 Å². The standard InChI is InChI=1S/C20H21N5O3/c26-19(21-11-14-6-7-16-17(10-14)28-13-27-16)15-4-3-8-24(12-15)20-23-22-18-5-1-2-9-25(18)20/h1-2,5-7,9-10,15H,3-4,8,11-13H2,(H,21,26)/t15-/m1/s1. The fourth-order valence-electron chi connectivity index (χ4n) is 3.80. The van der Waals surface area contributed by atoms with E-state index in [1.54, 1.807) is 0 Å². The minimum absolute atomic E-state index is 0.0659. The summed E-state index contributed by atoms with van der Waals surface area (Å²) in [5, 5.41) is 11.6. The monoisotopic (exact) mass is 379 g/mol. The van der Waals surface area contributed by atoms with E-state index in [4.69, 9.17) is 9.47 Å². The molecule has 1 atom stereocenters. The molecule has 0 saturated carbocycles. The van der Waals surface area contributed by atoms with Gasteiger partial charge in [0.05, 0.1) is 5.92 Å². The maximum absolute atomic E-state index is 12.7. The highest BCUT2D eigenvalue weighted by Gasteiger charge is 2.28. The molecular weight excluding hydrogens is 358 g/mol. The van der Waals surface area contributed by atoms with Gasteiger partial charge >= 0.3 is 0 Å². The van der Waals surface area contributed by atoms with Crippen LogP contribution in [0.4, 0.5) is 5.95 Å². The van der Waals surface area contributed by atoms with Crippen molar-refractivity contribution in [3.05, 3.63) is 48.2 Å². The minimum atomic E-state index is -0.0705. The average Bonchev–Trinajstić information content (AvgIpc) is 3.38. The van der Waals surface area contributed by atoms with Gasteiger partial charge in [-0.1, -0.05) is 12.1 Å². The molecule has 1 saturated heterocycles. The lowest BCUT2D eigenvalue weighted by atomic mass is 9.97. The molecule has 2 aliphatic heterocycles. The highest BCUT2D eigenvalue weighted by Crippen LogP contribution is 2.32. The minimum Gasteiger partial charge on any atom is -0.454 e. The number of rotatable bonds is 4. The smallest absolute Gasteiger partial charge is 0.231 e. The zero-order chi connectivity index (χ0) is 18.9. The molecule has 3 aromatic rings. The molecule has 0 unspecified atom stereocenters. The van der Waals surface area contributed by atoms with Gasteiger partial charge in [0.2, 0.25) is 18.6 Å². The molecule has 2 aliphatic rings. The highest BCUT2D eigenvalue weighted by atomic mass is 16.7. The molecule has 4 heterocycles. The molecule has 0 aliphatic carbocycles. The van der Waals surface area contributed by atoms with Gasteiger partial charge in [-0.3, -0.25) is 9.20 Å². The number of carbonyl (C=O) groups is 1. The summed E-state index contributed by atoms with van der Waals surface area (Å²) < 4.78 is 12.7. The molecule has 28 heavy (non-hydrogen) atoms. The fraction of sp³-hybridized carbons (Fsp3) is 0.350. The van der Waals surface area contributed by atoms with Crippen molar-refractivity contribution >= 4 is 17.5 Å². The number of hydrogen-bond donors (Lipinski definition) is 1. The van der Waals surface area contributed by atoms with Gasteiger partial charge in [-0.2, -0.15) is 0 Å². The zero-order valence-corrected chi connectivity index (χ0v) is 15.4. The van der Waals surface area contributed by atoms with Gasteiger partial charge in [0.25, 0.3) is 0 Å². The third kappa shape index (κ3) is 3.11. The second-order valence-electron chi connectivity index (χ2n) is 7.12. The van der Waals surface area contributed by atoms with E-state index in [0.29, 0.717) is 13.1 Å². The number of ether oxygens (including phenoxy) is 2. The van der Waals surface area contributed by atoms with Crippen LogP contribution in [-0.2, 0) is 11.3 Å². The Morgan fingerprint density at radius 2 is 2.11 bits per heavy atom. The Kier molecular flexibility index (Phi) is 4.23. The van der Waals surface area contributed by atoms with E-state index in [2.05, 4.69) is 20.4 Å². The molecule has 1 N–H and O–H groups in total. The van der Waals surface area contributed by atoms with Crippen molar-refractivity contribution in [2.75, 3.05) is 24.8 Å². The fourth-order valence-corrected chi connectivity index (χ4v) is 3.80.